The molecule has 0 aliphatic rings. The molecule has 0 aliphatic carbocycles. The molecule has 0 atom stereocenters. The van der Waals surface area contributed by atoms with E-state index in [1.807, 2.05) is 66.7 Å². The van der Waals surface area contributed by atoms with Crippen molar-refractivity contribution in [3.8, 4) is 22.6 Å². The predicted octanol–water partition coefficient (Wildman–Crippen LogP) is 5.67. The van der Waals surface area contributed by atoms with Crippen molar-refractivity contribution in [2.75, 3.05) is 19.5 Å². The Hall–Kier alpha value is -3.45. The second-order valence-corrected chi connectivity index (χ2v) is 5.43. The first-order valence-electron chi connectivity index (χ1n) is 7.80. The summed E-state index contributed by atoms with van der Waals surface area (Å²) in [7, 11) is 3.25. The molecule has 0 aliphatic heterocycles. The van der Waals surface area contributed by atoms with Crippen LogP contribution in [-0.2, 0) is 0 Å². The molecule has 1 N–H and O–H groups in total. The van der Waals surface area contributed by atoms with Crippen LogP contribution in [0.25, 0.3) is 16.0 Å². The number of nitrogens with zero attached hydrogens (tertiary/aromatic N) is 1. The largest absolute Gasteiger partial charge is 0.497 e. The molecule has 0 amide bonds. The van der Waals surface area contributed by atoms with Crippen LogP contribution in [0.5, 0.6) is 11.5 Å². The zero-order valence-corrected chi connectivity index (χ0v) is 14.1. The fourth-order valence-corrected chi connectivity index (χ4v) is 2.59. The molecular weight excluding hydrogens is 312 g/mol. The molecule has 0 spiro atoms. The summed E-state index contributed by atoms with van der Waals surface area (Å²) in [5.74, 6) is 1.45. The van der Waals surface area contributed by atoms with E-state index in [0.29, 0.717) is 5.69 Å². The molecule has 3 aromatic carbocycles. The summed E-state index contributed by atoms with van der Waals surface area (Å²) in [4.78, 5) is 3.58. The number of hydrogen-bond donors (Lipinski definition) is 1. The van der Waals surface area contributed by atoms with Gasteiger partial charge in [-0.1, -0.05) is 36.4 Å². The Kier molecular flexibility index (Phi) is 4.87. The van der Waals surface area contributed by atoms with Crippen molar-refractivity contribution in [2.24, 2.45) is 0 Å². The summed E-state index contributed by atoms with van der Waals surface area (Å²) in [5.41, 5.74) is 4.43. The average Bonchev–Trinajstić information content (AvgIpc) is 2.68. The van der Waals surface area contributed by atoms with Crippen LogP contribution < -0.4 is 14.8 Å². The normalized spacial score (nSPS) is 9.96. The molecule has 0 saturated heterocycles. The van der Waals surface area contributed by atoms with Gasteiger partial charge >= 0.3 is 0 Å². The quantitative estimate of drug-likeness (QED) is 0.613. The fourth-order valence-electron chi connectivity index (χ4n) is 2.59. The van der Waals surface area contributed by atoms with E-state index in [0.717, 1.165) is 34.0 Å². The standard InChI is InChI=1S/C21H18N2O2/c1-22-21-7-5-4-6-20(21)15-8-10-16(11-9-15)23-17-12-18(24-2)14-19(13-17)25-3/h4-14,23H,2-3H3. The lowest BCUT2D eigenvalue weighted by Crippen LogP contribution is -1.93. The maximum atomic E-state index is 7.29. The van der Waals surface area contributed by atoms with Gasteiger partial charge in [-0.3, -0.25) is 0 Å². The summed E-state index contributed by atoms with van der Waals surface area (Å²) >= 11 is 0. The third-order valence-corrected chi connectivity index (χ3v) is 3.86. The number of benzene rings is 3. The Labute approximate surface area is 147 Å². The Morgan fingerprint density at radius 1 is 0.800 bits per heavy atom. The van der Waals surface area contributed by atoms with Gasteiger partial charge in [0.05, 0.1) is 20.8 Å². The van der Waals surface area contributed by atoms with E-state index in [9.17, 15) is 0 Å². The topological polar surface area (TPSA) is 34.9 Å². The summed E-state index contributed by atoms with van der Waals surface area (Å²) in [5, 5.41) is 3.34. The highest BCUT2D eigenvalue weighted by molar-refractivity contribution is 5.79. The number of para-hydroxylation sites is 1. The fraction of sp³-hybridized carbons (Fsp3) is 0.0952. The maximum Gasteiger partial charge on any atom is 0.194 e. The van der Waals surface area contributed by atoms with E-state index in [1.54, 1.807) is 14.2 Å². The van der Waals surface area contributed by atoms with Crippen LogP contribution in [0.3, 0.4) is 0 Å². The smallest absolute Gasteiger partial charge is 0.194 e. The Balaban J connectivity index is 1.85. The molecule has 3 aromatic rings. The van der Waals surface area contributed by atoms with Crippen molar-refractivity contribution < 1.29 is 9.47 Å². The minimum absolute atomic E-state index is 0.653. The van der Waals surface area contributed by atoms with Crippen molar-refractivity contribution in [1.82, 2.24) is 0 Å². The SMILES string of the molecule is [C-]#[N+]c1ccccc1-c1ccc(Nc2cc(OC)cc(OC)c2)cc1. The maximum absolute atomic E-state index is 7.29. The first-order chi connectivity index (χ1) is 12.2. The molecule has 25 heavy (non-hydrogen) atoms. The molecule has 0 radical (unpaired) electrons. The zero-order chi connectivity index (χ0) is 17.6. The number of ether oxygens (including phenoxy) is 2. The Morgan fingerprint density at radius 2 is 1.44 bits per heavy atom. The van der Waals surface area contributed by atoms with Crippen LogP contribution in [-0.4, -0.2) is 14.2 Å². The van der Waals surface area contributed by atoms with Crippen LogP contribution in [0.1, 0.15) is 0 Å². The molecular formula is C21H18N2O2. The van der Waals surface area contributed by atoms with E-state index in [1.165, 1.54) is 0 Å². The minimum atomic E-state index is 0.653. The molecule has 0 unspecified atom stereocenters. The van der Waals surface area contributed by atoms with Gasteiger partial charge in [0, 0.05) is 29.6 Å². The first kappa shape index (κ1) is 16.4. The van der Waals surface area contributed by atoms with Gasteiger partial charge in [0.1, 0.15) is 11.5 Å². The van der Waals surface area contributed by atoms with Gasteiger partial charge in [-0.2, -0.15) is 0 Å². The Bertz CT molecular complexity index is 890. The molecule has 0 fully saturated rings. The molecule has 0 saturated carbocycles. The zero-order valence-electron chi connectivity index (χ0n) is 14.1. The van der Waals surface area contributed by atoms with Crippen molar-refractivity contribution >= 4 is 17.1 Å². The van der Waals surface area contributed by atoms with E-state index >= 15 is 0 Å². The lowest BCUT2D eigenvalue weighted by Gasteiger charge is -2.11. The van der Waals surface area contributed by atoms with Gasteiger partial charge in [-0.05, 0) is 23.3 Å². The number of anilines is 2. The lowest BCUT2D eigenvalue weighted by molar-refractivity contribution is 0.395. The van der Waals surface area contributed by atoms with E-state index in [2.05, 4.69) is 10.2 Å². The van der Waals surface area contributed by atoms with Gasteiger partial charge in [-0.25, -0.2) is 4.85 Å². The summed E-state index contributed by atoms with van der Waals surface area (Å²) in [6, 6.07) is 21.2. The molecule has 0 aromatic heterocycles. The summed E-state index contributed by atoms with van der Waals surface area (Å²) < 4.78 is 10.6. The second kappa shape index (κ2) is 7.41. The predicted molar refractivity (Wildman–Crippen MR) is 101 cm³/mol. The number of hydrogen-bond acceptors (Lipinski definition) is 3. The van der Waals surface area contributed by atoms with E-state index in [-0.39, 0.29) is 0 Å². The monoisotopic (exact) mass is 330 g/mol. The van der Waals surface area contributed by atoms with Crippen molar-refractivity contribution in [3.05, 3.63) is 78.1 Å². The van der Waals surface area contributed by atoms with Crippen molar-refractivity contribution in [3.63, 3.8) is 0 Å². The van der Waals surface area contributed by atoms with Gasteiger partial charge in [0.25, 0.3) is 0 Å². The first-order valence-corrected chi connectivity index (χ1v) is 7.80. The molecule has 4 heteroatoms. The average molecular weight is 330 g/mol. The number of methoxy groups -OCH3 is 2. The summed E-state index contributed by atoms with van der Waals surface area (Å²) in [6.45, 7) is 7.29. The Morgan fingerprint density at radius 3 is 2.04 bits per heavy atom. The lowest BCUT2D eigenvalue weighted by atomic mass is 10.0. The van der Waals surface area contributed by atoms with Gasteiger partial charge in [-0.15, -0.1) is 0 Å². The van der Waals surface area contributed by atoms with Crippen LogP contribution in [0, 0.1) is 6.57 Å². The van der Waals surface area contributed by atoms with Gasteiger partial charge in [0.2, 0.25) is 0 Å². The molecule has 4 nitrogen and oxygen atoms in total. The summed E-state index contributed by atoms with van der Waals surface area (Å²) in [6.07, 6.45) is 0. The van der Waals surface area contributed by atoms with Gasteiger partial charge in [0.15, 0.2) is 5.69 Å². The van der Waals surface area contributed by atoms with Crippen LogP contribution in [0.15, 0.2) is 66.7 Å². The molecule has 0 heterocycles. The third-order valence-electron chi connectivity index (χ3n) is 3.86. The minimum Gasteiger partial charge on any atom is -0.497 e. The number of rotatable bonds is 5. The van der Waals surface area contributed by atoms with Crippen LogP contribution in [0.2, 0.25) is 0 Å². The van der Waals surface area contributed by atoms with Crippen LogP contribution >= 0.6 is 0 Å². The second-order valence-electron chi connectivity index (χ2n) is 5.43. The van der Waals surface area contributed by atoms with Crippen LogP contribution in [0.4, 0.5) is 17.1 Å². The molecule has 0 bridgehead atoms. The highest BCUT2D eigenvalue weighted by Gasteiger charge is 2.05. The molecule has 3 rings (SSSR count). The van der Waals surface area contributed by atoms with Crippen molar-refractivity contribution in [2.45, 2.75) is 0 Å². The van der Waals surface area contributed by atoms with E-state index in [4.69, 9.17) is 16.0 Å². The van der Waals surface area contributed by atoms with E-state index < -0.39 is 0 Å². The van der Waals surface area contributed by atoms with Crippen molar-refractivity contribution in [1.29, 1.82) is 0 Å². The third kappa shape index (κ3) is 3.73. The van der Waals surface area contributed by atoms with Gasteiger partial charge < -0.3 is 14.8 Å². The molecule has 124 valence electrons. The highest BCUT2D eigenvalue weighted by Crippen LogP contribution is 2.32. The number of nitrogens with one attached hydrogen (secondary N) is 1. The highest BCUT2D eigenvalue weighted by atomic mass is 16.5.